The second-order valence-electron chi connectivity index (χ2n) is 4.84. The molecule has 0 saturated heterocycles. The van der Waals surface area contributed by atoms with E-state index in [1.165, 1.54) is 6.42 Å². The van der Waals surface area contributed by atoms with Crippen LogP contribution in [0, 0.1) is 5.92 Å². The first-order chi connectivity index (χ1) is 7.06. The Morgan fingerprint density at radius 3 is 2.47 bits per heavy atom. The third-order valence-corrected chi connectivity index (χ3v) is 2.56. The Kier molecular flexibility index (Phi) is 9.06. The monoisotopic (exact) mass is 216 g/mol. The van der Waals surface area contributed by atoms with Gasteiger partial charge in [0.2, 0.25) is 0 Å². The SMILES string of the molecule is COCCCC(N)CN(C)CCC(C)C. The molecule has 0 bridgehead atoms. The molecule has 0 saturated carbocycles. The fourth-order valence-electron chi connectivity index (χ4n) is 1.55. The largest absolute Gasteiger partial charge is 0.385 e. The first-order valence-corrected chi connectivity index (χ1v) is 5.99. The molecule has 15 heavy (non-hydrogen) atoms. The molecule has 3 heteroatoms. The van der Waals surface area contributed by atoms with E-state index in [0.717, 1.165) is 38.5 Å². The molecule has 0 aromatic rings. The second kappa shape index (κ2) is 9.13. The number of hydrogen-bond acceptors (Lipinski definition) is 3. The van der Waals surface area contributed by atoms with Gasteiger partial charge >= 0.3 is 0 Å². The van der Waals surface area contributed by atoms with Crippen molar-refractivity contribution in [3.63, 3.8) is 0 Å². The zero-order valence-electron chi connectivity index (χ0n) is 10.8. The summed E-state index contributed by atoms with van der Waals surface area (Å²) in [5.41, 5.74) is 6.02. The number of ether oxygens (including phenoxy) is 1. The Bertz CT molecular complexity index is 140. The lowest BCUT2D eigenvalue weighted by molar-refractivity contribution is 0.187. The van der Waals surface area contributed by atoms with E-state index in [1.807, 2.05) is 0 Å². The Balaban J connectivity index is 3.44. The van der Waals surface area contributed by atoms with Crippen LogP contribution >= 0.6 is 0 Å². The molecule has 92 valence electrons. The van der Waals surface area contributed by atoms with Gasteiger partial charge in [-0.2, -0.15) is 0 Å². The summed E-state index contributed by atoms with van der Waals surface area (Å²) in [4.78, 5) is 2.33. The van der Waals surface area contributed by atoms with Crippen molar-refractivity contribution < 1.29 is 4.74 Å². The van der Waals surface area contributed by atoms with Crippen LogP contribution in [0.1, 0.15) is 33.1 Å². The lowest BCUT2D eigenvalue weighted by Gasteiger charge is -2.21. The predicted molar refractivity (Wildman–Crippen MR) is 66.0 cm³/mol. The molecule has 0 aromatic carbocycles. The van der Waals surface area contributed by atoms with Gasteiger partial charge in [-0.25, -0.2) is 0 Å². The smallest absolute Gasteiger partial charge is 0.0462 e. The minimum Gasteiger partial charge on any atom is -0.385 e. The Morgan fingerprint density at radius 2 is 1.93 bits per heavy atom. The zero-order chi connectivity index (χ0) is 11.7. The van der Waals surface area contributed by atoms with Gasteiger partial charge in [0.25, 0.3) is 0 Å². The van der Waals surface area contributed by atoms with Crippen LogP contribution in [-0.2, 0) is 4.74 Å². The number of likely N-dealkylation sites (N-methyl/N-ethyl adjacent to an activating group) is 1. The second-order valence-corrected chi connectivity index (χ2v) is 4.84. The van der Waals surface area contributed by atoms with E-state index >= 15 is 0 Å². The van der Waals surface area contributed by atoms with Gasteiger partial charge in [0.1, 0.15) is 0 Å². The summed E-state index contributed by atoms with van der Waals surface area (Å²) in [6.45, 7) is 7.48. The van der Waals surface area contributed by atoms with Gasteiger partial charge in [0.05, 0.1) is 0 Å². The first-order valence-electron chi connectivity index (χ1n) is 5.99. The van der Waals surface area contributed by atoms with Crippen LogP contribution in [0.3, 0.4) is 0 Å². The quantitative estimate of drug-likeness (QED) is 0.596. The Morgan fingerprint density at radius 1 is 1.27 bits per heavy atom. The maximum Gasteiger partial charge on any atom is 0.0462 e. The van der Waals surface area contributed by atoms with E-state index < -0.39 is 0 Å². The van der Waals surface area contributed by atoms with Crippen molar-refractivity contribution in [1.82, 2.24) is 4.90 Å². The van der Waals surface area contributed by atoms with Gasteiger partial charge in [-0.05, 0) is 38.8 Å². The zero-order valence-corrected chi connectivity index (χ0v) is 10.8. The highest BCUT2D eigenvalue weighted by Gasteiger charge is 2.07. The minimum absolute atomic E-state index is 0.289. The highest BCUT2D eigenvalue weighted by molar-refractivity contribution is 4.66. The molecule has 0 aromatic heterocycles. The van der Waals surface area contributed by atoms with Crippen molar-refractivity contribution in [3.05, 3.63) is 0 Å². The third-order valence-electron chi connectivity index (χ3n) is 2.56. The fourth-order valence-corrected chi connectivity index (χ4v) is 1.55. The number of methoxy groups -OCH3 is 1. The van der Waals surface area contributed by atoms with Gasteiger partial charge in [-0.1, -0.05) is 13.8 Å². The summed E-state index contributed by atoms with van der Waals surface area (Å²) in [6.07, 6.45) is 3.37. The van der Waals surface area contributed by atoms with E-state index in [9.17, 15) is 0 Å². The average Bonchev–Trinajstić information content (AvgIpc) is 2.15. The summed E-state index contributed by atoms with van der Waals surface area (Å²) in [5, 5.41) is 0. The molecule has 0 aliphatic carbocycles. The van der Waals surface area contributed by atoms with E-state index in [0.29, 0.717) is 0 Å². The molecule has 0 radical (unpaired) electrons. The van der Waals surface area contributed by atoms with E-state index in [4.69, 9.17) is 10.5 Å². The molecule has 1 atom stereocenters. The van der Waals surface area contributed by atoms with Crippen molar-refractivity contribution in [2.45, 2.75) is 39.2 Å². The van der Waals surface area contributed by atoms with Crippen molar-refractivity contribution in [2.24, 2.45) is 11.7 Å². The predicted octanol–water partition coefficient (Wildman–Crippen LogP) is 1.72. The van der Waals surface area contributed by atoms with Crippen LogP contribution in [0.25, 0.3) is 0 Å². The lowest BCUT2D eigenvalue weighted by Crippen LogP contribution is -2.36. The number of rotatable bonds is 9. The highest BCUT2D eigenvalue weighted by Crippen LogP contribution is 2.02. The van der Waals surface area contributed by atoms with Crippen molar-refractivity contribution in [1.29, 1.82) is 0 Å². The fraction of sp³-hybridized carbons (Fsp3) is 1.00. The van der Waals surface area contributed by atoms with Gasteiger partial charge in [0, 0.05) is 26.3 Å². The summed E-state index contributed by atoms with van der Waals surface area (Å²) >= 11 is 0. The van der Waals surface area contributed by atoms with Crippen molar-refractivity contribution in [3.8, 4) is 0 Å². The average molecular weight is 216 g/mol. The number of nitrogens with zero attached hydrogens (tertiary/aromatic N) is 1. The first kappa shape index (κ1) is 14.9. The number of hydrogen-bond donors (Lipinski definition) is 1. The van der Waals surface area contributed by atoms with Crippen LogP contribution in [0.5, 0.6) is 0 Å². The van der Waals surface area contributed by atoms with Crippen molar-refractivity contribution in [2.75, 3.05) is 33.9 Å². The van der Waals surface area contributed by atoms with E-state index in [2.05, 4.69) is 25.8 Å². The molecular weight excluding hydrogens is 188 g/mol. The molecule has 2 N–H and O–H groups in total. The van der Waals surface area contributed by atoms with Gasteiger partial charge < -0.3 is 15.4 Å². The molecule has 0 rings (SSSR count). The summed E-state index contributed by atoms with van der Waals surface area (Å²) in [5.74, 6) is 0.775. The van der Waals surface area contributed by atoms with Crippen LogP contribution in [-0.4, -0.2) is 44.8 Å². The third kappa shape index (κ3) is 10.2. The molecule has 0 fully saturated rings. The molecule has 0 aliphatic heterocycles. The van der Waals surface area contributed by atoms with Gasteiger partial charge in [-0.3, -0.25) is 0 Å². The normalized spacial score (nSPS) is 13.8. The molecule has 0 heterocycles. The minimum atomic E-state index is 0.289. The molecule has 0 spiro atoms. The van der Waals surface area contributed by atoms with Crippen molar-refractivity contribution >= 4 is 0 Å². The Labute approximate surface area is 95.0 Å². The maximum atomic E-state index is 6.02. The molecule has 3 nitrogen and oxygen atoms in total. The summed E-state index contributed by atoms with van der Waals surface area (Å²) in [7, 11) is 3.89. The van der Waals surface area contributed by atoms with E-state index in [1.54, 1.807) is 7.11 Å². The number of nitrogens with two attached hydrogens (primary N) is 1. The molecule has 0 amide bonds. The van der Waals surface area contributed by atoms with Crippen LogP contribution in [0.4, 0.5) is 0 Å². The molecular formula is C12H28N2O. The summed E-state index contributed by atoms with van der Waals surface area (Å²) < 4.78 is 5.01. The maximum absolute atomic E-state index is 6.02. The van der Waals surface area contributed by atoms with Gasteiger partial charge in [-0.15, -0.1) is 0 Å². The van der Waals surface area contributed by atoms with Crippen LogP contribution in [0.15, 0.2) is 0 Å². The topological polar surface area (TPSA) is 38.5 Å². The Hall–Kier alpha value is -0.120. The standard InChI is InChI=1S/C12H28N2O/c1-11(2)7-8-14(3)10-12(13)6-5-9-15-4/h11-12H,5-10,13H2,1-4H3. The van der Waals surface area contributed by atoms with E-state index in [-0.39, 0.29) is 6.04 Å². The van der Waals surface area contributed by atoms with Crippen LogP contribution in [0.2, 0.25) is 0 Å². The van der Waals surface area contributed by atoms with Gasteiger partial charge in [0.15, 0.2) is 0 Å². The highest BCUT2D eigenvalue weighted by atomic mass is 16.5. The summed E-state index contributed by atoms with van der Waals surface area (Å²) in [6, 6.07) is 0.289. The molecule has 1 unspecified atom stereocenters. The van der Waals surface area contributed by atoms with Crippen LogP contribution < -0.4 is 5.73 Å². The molecule has 0 aliphatic rings. The lowest BCUT2D eigenvalue weighted by atomic mass is 10.1.